The summed E-state index contributed by atoms with van der Waals surface area (Å²) in [6, 6.07) is 0. The van der Waals surface area contributed by atoms with Gasteiger partial charge < -0.3 is 14.2 Å². The molecule has 6 nitrogen and oxygen atoms in total. The second kappa shape index (κ2) is 62.4. The Morgan fingerprint density at radius 3 is 0.813 bits per heavy atom. The van der Waals surface area contributed by atoms with Crippen LogP contribution in [0.2, 0.25) is 0 Å². The molecular formula is C69H114O6. The third-order valence-electron chi connectivity index (χ3n) is 13.0. The molecule has 0 amide bonds. The summed E-state index contributed by atoms with van der Waals surface area (Å²) in [4.78, 5) is 38.1. The van der Waals surface area contributed by atoms with Crippen LogP contribution >= 0.6 is 0 Å². The Morgan fingerprint density at radius 1 is 0.280 bits per heavy atom. The molecule has 0 aliphatic rings. The van der Waals surface area contributed by atoms with E-state index in [1.807, 2.05) is 0 Å². The number of carbonyl (C=O) groups is 3. The molecule has 1 unspecified atom stereocenters. The fraction of sp³-hybridized carbons (Fsp3) is 0.667. The minimum atomic E-state index is -0.794. The van der Waals surface area contributed by atoms with E-state index in [9.17, 15) is 14.4 Å². The zero-order chi connectivity index (χ0) is 54.3. The molecule has 6 heteroatoms. The van der Waals surface area contributed by atoms with Gasteiger partial charge in [-0.25, -0.2) is 0 Å². The van der Waals surface area contributed by atoms with Crippen LogP contribution in [0.3, 0.4) is 0 Å². The molecule has 0 aromatic heterocycles. The molecule has 0 aliphatic carbocycles. The van der Waals surface area contributed by atoms with Crippen LogP contribution in [-0.4, -0.2) is 37.2 Å². The molecule has 1 atom stereocenters. The standard InChI is InChI=1S/C69H114O6/c1-4-7-10-13-16-19-22-24-25-26-27-28-29-30-31-32-33-34-35-36-37-38-39-40-41-42-43-45-47-50-53-56-59-62-68(71)74-65-66(64-73-67(70)61-58-55-52-49-46-21-18-15-12-9-6-3)75-69(72)63-60-57-54-51-48-44-23-20-17-14-11-8-5-2/h7,10,16,19,24-25,27-28,30-31,33-34,36-37,39-40,42-43,47,50,66H,4-6,8-9,11-15,17-18,20-23,26,29,32,35,38,41,44-46,48-49,51-65H2,1-3H3/b10-7-,19-16-,25-24-,28-27-,31-30-,34-33-,37-36-,40-39-,43-42-,50-47-. The molecule has 0 heterocycles. The van der Waals surface area contributed by atoms with Crippen LogP contribution in [0.15, 0.2) is 122 Å². The summed E-state index contributed by atoms with van der Waals surface area (Å²) >= 11 is 0. The van der Waals surface area contributed by atoms with Gasteiger partial charge in [-0.3, -0.25) is 14.4 Å². The van der Waals surface area contributed by atoms with E-state index in [0.717, 1.165) is 122 Å². The van der Waals surface area contributed by atoms with Gasteiger partial charge in [0, 0.05) is 19.3 Å². The maximum absolute atomic E-state index is 12.8. The number of esters is 3. The van der Waals surface area contributed by atoms with Crippen molar-refractivity contribution < 1.29 is 28.6 Å². The molecule has 0 N–H and O–H groups in total. The Labute approximate surface area is 462 Å². The number of hydrogen-bond donors (Lipinski definition) is 0. The van der Waals surface area contributed by atoms with Gasteiger partial charge >= 0.3 is 17.9 Å². The topological polar surface area (TPSA) is 78.9 Å². The summed E-state index contributed by atoms with van der Waals surface area (Å²) in [5.41, 5.74) is 0. The zero-order valence-electron chi connectivity index (χ0n) is 48.8. The summed E-state index contributed by atoms with van der Waals surface area (Å²) in [6.07, 6.45) is 86.4. The maximum Gasteiger partial charge on any atom is 0.306 e. The first-order valence-corrected chi connectivity index (χ1v) is 31.0. The average Bonchev–Trinajstić information content (AvgIpc) is 3.41. The molecule has 0 aliphatic heterocycles. The first-order valence-electron chi connectivity index (χ1n) is 31.0. The van der Waals surface area contributed by atoms with Gasteiger partial charge in [0.15, 0.2) is 6.10 Å². The lowest BCUT2D eigenvalue weighted by atomic mass is 10.0. The normalized spacial score (nSPS) is 12.9. The van der Waals surface area contributed by atoms with Crippen molar-refractivity contribution in [3.8, 4) is 0 Å². The van der Waals surface area contributed by atoms with Gasteiger partial charge in [0.25, 0.3) is 0 Å². The van der Waals surface area contributed by atoms with Gasteiger partial charge in [-0.1, -0.05) is 284 Å². The average molecular weight is 1040 g/mol. The molecular weight excluding hydrogens is 925 g/mol. The number of carbonyl (C=O) groups excluding carboxylic acids is 3. The molecule has 75 heavy (non-hydrogen) atoms. The van der Waals surface area contributed by atoms with Crippen molar-refractivity contribution >= 4 is 17.9 Å². The Bertz CT molecular complexity index is 1570. The van der Waals surface area contributed by atoms with Gasteiger partial charge in [-0.15, -0.1) is 0 Å². The van der Waals surface area contributed by atoms with Crippen LogP contribution in [0.4, 0.5) is 0 Å². The van der Waals surface area contributed by atoms with Gasteiger partial charge in [0.1, 0.15) is 13.2 Å². The largest absolute Gasteiger partial charge is 0.462 e. The van der Waals surface area contributed by atoms with E-state index >= 15 is 0 Å². The van der Waals surface area contributed by atoms with Crippen molar-refractivity contribution in [3.05, 3.63) is 122 Å². The maximum atomic E-state index is 12.8. The number of hydrogen-bond acceptors (Lipinski definition) is 6. The zero-order valence-corrected chi connectivity index (χ0v) is 48.8. The van der Waals surface area contributed by atoms with Crippen LogP contribution in [0.25, 0.3) is 0 Å². The quantitative estimate of drug-likeness (QED) is 0.0261. The van der Waals surface area contributed by atoms with Crippen LogP contribution in [0.1, 0.15) is 278 Å². The summed E-state index contributed by atoms with van der Waals surface area (Å²) < 4.78 is 16.8. The summed E-state index contributed by atoms with van der Waals surface area (Å²) in [6.45, 7) is 6.49. The number of rotatable bonds is 55. The Kier molecular flexibility index (Phi) is 58.9. The van der Waals surface area contributed by atoms with E-state index in [1.54, 1.807) is 0 Å². The van der Waals surface area contributed by atoms with E-state index in [4.69, 9.17) is 14.2 Å². The smallest absolute Gasteiger partial charge is 0.306 e. The highest BCUT2D eigenvalue weighted by Gasteiger charge is 2.19. The lowest BCUT2D eigenvalue weighted by molar-refractivity contribution is -0.167. The van der Waals surface area contributed by atoms with Crippen LogP contribution in [0.5, 0.6) is 0 Å². The van der Waals surface area contributed by atoms with Gasteiger partial charge in [0.2, 0.25) is 0 Å². The summed E-state index contributed by atoms with van der Waals surface area (Å²) in [7, 11) is 0. The van der Waals surface area contributed by atoms with E-state index in [1.165, 1.54) is 116 Å². The van der Waals surface area contributed by atoms with Gasteiger partial charge in [-0.05, 0) is 96.3 Å². The van der Waals surface area contributed by atoms with Crippen molar-refractivity contribution in [1.29, 1.82) is 0 Å². The molecule has 0 saturated carbocycles. The summed E-state index contributed by atoms with van der Waals surface area (Å²) in [5, 5.41) is 0. The Balaban J connectivity index is 4.31. The number of ether oxygens (including phenoxy) is 3. The van der Waals surface area contributed by atoms with Crippen molar-refractivity contribution in [3.63, 3.8) is 0 Å². The van der Waals surface area contributed by atoms with Gasteiger partial charge in [-0.2, -0.15) is 0 Å². The molecule has 426 valence electrons. The van der Waals surface area contributed by atoms with Crippen LogP contribution < -0.4 is 0 Å². The van der Waals surface area contributed by atoms with Crippen molar-refractivity contribution in [2.24, 2.45) is 0 Å². The molecule has 0 spiro atoms. The minimum absolute atomic E-state index is 0.0896. The van der Waals surface area contributed by atoms with E-state index in [0.29, 0.717) is 19.3 Å². The third kappa shape index (κ3) is 60.6. The third-order valence-corrected chi connectivity index (χ3v) is 13.0. The van der Waals surface area contributed by atoms with Crippen LogP contribution in [-0.2, 0) is 28.6 Å². The lowest BCUT2D eigenvalue weighted by Crippen LogP contribution is -2.30. The first-order chi connectivity index (χ1) is 37.0. The molecule has 0 aromatic rings. The SMILES string of the molecule is CC/C=C\C/C=C\C/C=C\C/C=C\C/C=C\C/C=C\C/C=C\C/C=C\C/C=C\C/C=C\CCCCC(=O)OCC(COC(=O)CCCCCCCCCCCCC)OC(=O)CCCCCCCCCCCCCCC. The first kappa shape index (κ1) is 70.8. The predicted molar refractivity (Wildman–Crippen MR) is 325 cm³/mol. The highest BCUT2D eigenvalue weighted by atomic mass is 16.6. The number of unbranched alkanes of at least 4 members (excludes halogenated alkanes) is 24. The fourth-order valence-corrected chi connectivity index (χ4v) is 8.35. The molecule has 0 radical (unpaired) electrons. The summed E-state index contributed by atoms with van der Waals surface area (Å²) in [5.74, 6) is -0.933. The van der Waals surface area contributed by atoms with Crippen LogP contribution in [0, 0.1) is 0 Å². The lowest BCUT2D eigenvalue weighted by Gasteiger charge is -2.18. The molecule has 0 fully saturated rings. The second-order valence-electron chi connectivity index (χ2n) is 20.2. The second-order valence-corrected chi connectivity index (χ2v) is 20.2. The van der Waals surface area contributed by atoms with Gasteiger partial charge in [0.05, 0.1) is 0 Å². The fourth-order valence-electron chi connectivity index (χ4n) is 8.35. The molecule has 0 saturated heterocycles. The van der Waals surface area contributed by atoms with Crippen molar-refractivity contribution in [1.82, 2.24) is 0 Å². The highest BCUT2D eigenvalue weighted by molar-refractivity contribution is 5.71. The minimum Gasteiger partial charge on any atom is -0.462 e. The molecule has 0 rings (SSSR count). The Morgan fingerprint density at radius 2 is 0.520 bits per heavy atom. The van der Waals surface area contributed by atoms with E-state index < -0.39 is 6.10 Å². The molecule has 0 aromatic carbocycles. The monoisotopic (exact) mass is 1040 g/mol. The highest BCUT2D eigenvalue weighted by Crippen LogP contribution is 2.15. The Hall–Kier alpha value is -4.19. The van der Waals surface area contributed by atoms with E-state index in [-0.39, 0.29) is 31.1 Å². The van der Waals surface area contributed by atoms with E-state index in [2.05, 4.69) is 142 Å². The number of allylic oxidation sites excluding steroid dienone is 20. The predicted octanol–water partition coefficient (Wildman–Crippen LogP) is 21.2. The van der Waals surface area contributed by atoms with Crippen molar-refractivity contribution in [2.45, 2.75) is 284 Å². The molecule has 0 bridgehead atoms. The van der Waals surface area contributed by atoms with Crippen molar-refractivity contribution in [2.75, 3.05) is 13.2 Å².